The number of thioether (sulfide) groups is 1. The third-order valence-corrected chi connectivity index (χ3v) is 4.31. The van der Waals surface area contributed by atoms with Crippen LogP contribution in [-0.2, 0) is 11.0 Å². The Morgan fingerprint density at radius 2 is 2.07 bits per heavy atom. The number of alkyl halides is 3. The number of ether oxygens (including phenoxy) is 1. The van der Waals surface area contributed by atoms with Gasteiger partial charge in [-0.05, 0) is 32.0 Å². The first kappa shape index (κ1) is 20.6. The number of anilines is 1. The van der Waals surface area contributed by atoms with Crippen molar-refractivity contribution < 1.29 is 22.7 Å². The Bertz CT molecular complexity index is 879. The molecule has 1 aromatic carbocycles. The quantitative estimate of drug-likeness (QED) is 0.734. The maximum atomic E-state index is 13.1. The van der Waals surface area contributed by atoms with E-state index in [1.807, 2.05) is 0 Å². The lowest BCUT2D eigenvalue weighted by molar-refractivity contribution is -0.138. The summed E-state index contributed by atoms with van der Waals surface area (Å²) in [6.45, 7) is 3.62. The van der Waals surface area contributed by atoms with Crippen LogP contribution in [0, 0.1) is 18.3 Å². The number of amides is 1. The van der Waals surface area contributed by atoms with Crippen molar-refractivity contribution in [1.82, 2.24) is 4.98 Å². The summed E-state index contributed by atoms with van der Waals surface area (Å²) in [6, 6.07) is 9.18. The Labute approximate surface area is 158 Å². The molecule has 2 aromatic rings. The first-order valence-corrected chi connectivity index (χ1v) is 8.88. The summed E-state index contributed by atoms with van der Waals surface area (Å²) in [6.07, 6.45) is -4.67. The first-order chi connectivity index (χ1) is 12.8. The van der Waals surface area contributed by atoms with Gasteiger partial charge in [0.1, 0.15) is 16.8 Å². The number of pyridine rings is 1. The molecule has 0 unspecified atom stereocenters. The van der Waals surface area contributed by atoms with Gasteiger partial charge in [0.25, 0.3) is 0 Å². The molecule has 5 nitrogen and oxygen atoms in total. The Kier molecular flexibility index (Phi) is 6.69. The molecule has 0 radical (unpaired) electrons. The van der Waals surface area contributed by atoms with E-state index < -0.39 is 23.2 Å². The van der Waals surface area contributed by atoms with Crippen LogP contribution < -0.4 is 10.1 Å². The van der Waals surface area contributed by atoms with Crippen LogP contribution >= 0.6 is 11.8 Å². The van der Waals surface area contributed by atoms with Gasteiger partial charge in [-0.15, -0.1) is 0 Å². The van der Waals surface area contributed by atoms with Crippen molar-refractivity contribution in [3.8, 4) is 11.8 Å². The molecular weight excluding hydrogens is 379 g/mol. The van der Waals surface area contributed by atoms with E-state index in [1.165, 1.54) is 6.92 Å². The molecule has 0 bridgehead atoms. The van der Waals surface area contributed by atoms with Gasteiger partial charge in [0.15, 0.2) is 0 Å². The second-order valence-electron chi connectivity index (χ2n) is 5.37. The summed E-state index contributed by atoms with van der Waals surface area (Å²) in [4.78, 5) is 16.2. The van der Waals surface area contributed by atoms with Gasteiger partial charge in [-0.25, -0.2) is 4.98 Å². The molecule has 9 heteroatoms. The van der Waals surface area contributed by atoms with E-state index in [2.05, 4.69) is 10.3 Å². The van der Waals surface area contributed by atoms with Crippen LogP contribution in [0.3, 0.4) is 0 Å². The summed E-state index contributed by atoms with van der Waals surface area (Å²) >= 11 is 0.776. The van der Waals surface area contributed by atoms with Crippen molar-refractivity contribution in [2.75, 3.05) is 17.7 Å². The van der Waals surface area contributed by atoms with E-state index in [1.54, 1.807) is 37.3 Å². The number of carbonyl (C=O) groups is 1. The largest absolute Gasteiger partial charge is 0.492 e. The molecule has 1 heterocycles. The van der Waals surface area contributed by atoms with Crippen LogP contribution in [0.15, 0.2) is 35.4 Å². The number of nitrogens with zero attached hydrogens (tertiary/aromatic N) is 2. The molecule has 0 fully saturated rings. The number of halogens is 3. The number of nitriles is 1. The van der Waals surface area contributed by atoms with Crippen molar-refractivity contribution in [2.45, 2.75) is 25.0 Å². The third kappa shape index (κ3) is 5.37. The smallest absolute Gasteiger partial charge is 0.417 e. The highest BCUT2D eigenvalue weighted by molar-refractivity contribution is 8.00. The fraction of sp³-hybridized carbons (Fsp3) is 0.278. The summed E-state index contributed by atoms with van der Waals surface area (Å²) in [5.41, 5.74) is -1.06. The van der Waals surface area contributed by atoms with Crippen molar-refractivity contribution in [3.63, 3.8) is 0 Å². The number of carbonyl (C=O) groups excluding carboxylic acids is 1. The lowest BCUT2D eigenvalue weighted by Gasteiger charge is -2.13. The Balaban J connectivity index is 2.16. The number of hydrogen-bond acceptors (Lipinski definition) is 5. The molecule has 0 saturated heterocycles. The fourth-order valence-corrected chi connectivity index (χ4v) is 3.10. The zero-order valence-electron chi connectivity index (χ0n) is 14.6. The summed E-state index contributed by atoms with van der Waals surface area (Å²) < 4.78 is 44.8. The van der Waals surface area contributed by atoms with E-state index >= 15 is 0 Å². The number of para-hydroxylation sites is 2. The molecule has 0 spiro atoms. The van der Waals surface area contributed by atoms with Crippen molar-refractivity contribution >= 4 is 23.4 Å². The number of rotatable bonds is 6. The lowest BCUT2D eigenvalue weighted by atomic mass is 10.1. The van der Waals surface area contributed by atoms with Crippen LogP contribution in [0.1, 0.15) is 23.7 Å². The number of hydrogen-bond donors (Lipinski definition) is 1. The highest BCUT2D eigenvalue weighted by atomic mass is 32.2. The SMILES string of the molecule is CCOc1ccccc1NC(=O)CSc1nc(C)cc(C(F)(F)F)c1C#N. The highest BCUT2D eigenvalue weighted by Gasteiger charge is 2.35. The van der Waals surface area contributed by atoms with E-state index in [0.29, 0.717) is 18.0 Å². The molecule has 1 aromatic heterocycles. The molecule has 0 aliphatic carbocycles. The minimum Gasteiger partial charge on any atom is -0.492 e. The summed E-state index contributed by atoms with van der Waals surface area (Å²) in [5.74, 6) is -0.167. The monoisotopic (exact) mass is 395 g/mol. The fourth-order valence-electron chi connectivity index (χ4n) is 2.25. The summed E-state index contributed by atoms with van der Waals surface area (Å²) in [7, 11) is 0. The molecule has 0 saturated carbocycles. The maximum Gasteiger partial charge on any atom is 0.417 e. The second-order valence-corrected chi connectivity index (χ2v) is 6.33. The Hall–Kier alpha value is -2.73. The van der Waals surface area contributed by atoms with Gasteiger partial charge in [0.2, 0.25) is 5.91 Å². The zero-order chi connectivity index (χ0) is 20.0. The van der Waals surface area contributed by atoms with Gasteiger partial charge in [-0.3, -0.25) is 4.79 Å². The van der Waals surface area contributed by atoms with Crippen LogP contribution in [0.5, 0.6) is 5.75 Å². The van der Waals surface area contributed by atoms with Gasteiger partial charge in [0, 0.05) is 5.69 Å². The molecule has 142 valence electrons. The number of nitrogens with one attached hydrogen (secondary N) is 1. The molecule has 27 heavy (non-hydrogen) atoms. The predicted octanol–water partition coefficient (Wildman–Crippen LogP) is 4.41. The van der Waals surface area contributed by atoms with E-state index in [0.717, 1.165) is 17.8 Å². The minimum absolute atomic E-state index is 0.117. The van der Waals surface area contributed by atoms with Crippen LogP contribution in [-0.4, -0.2) is 23.3 Å². The van der Waals surface area contributed by atoms with Gasteiger partial charge in [0.05, 0.1) is 29.2 Å². The molecule has 2 rings (SSSR count). The topological polar surface area (TPSA) is 75.0 Å². The van der Waals surface area contributed by atoms with Crippen LogP contribution in [0.4, 0.5) is 18.9 Å². The lowest BCUT2D eigenvalue weighted by Crippen LogP contribution is -2.16. The molecule has 1 amide bonds. The van der Waals surface area contributed by atoms with Gasteiger partial charge in [-0.2, -0.15) is 18.4 Å². The Morgan fingerprint density at radius 3 is 2.70 bits per heavy atom. The molecule has 1 N–H and O–H groups in total. The molecular formula is C18H16F3N3O2S. The standard InChI is InChI=1S/C18H16F3N3O2S/c1-3-26-15-7-5-4-6-14(15)24-16(25)10-27-17-12(9-22)13(18(19,20)21)8-11(2)23-17/h4-8H,3,10H2,1-2H3,(H,24,25). The first-order valence-electron chi connectivity index (χ1n) is 7.89. The number of benzene rings is 1. The van der Waals surface area contributed by atoms with Crippen molar-refractivity contribution in [1.29, 1.82) is 5.26 Å². The van der Waals surface area contributed by atoms with Gasteiger partial charge >= 0.3 is 6.18 Å². The highest BCUT2D eigenvalue weighted by Crippen LogP contribution is 2.36. The van der Waals surface area contributed by atoms with Gasteiger partial charge < -0.3 is 10.1 Å². The van der Waals surface area contributed by atoms with Crippen molar-refractivity contribution in [2.24, 2.45) is 0 Å². The average molecular weight is 395 g/mol. The molecule has 0 atom stereocenters. The second kappa shape index (κ2) is 8.77. The van der Waals surface area contributed by atoms with E-state index in [4.69, 9.17) is 10.00 Å². The Morgan fingerprint density at radius 1 is 1.37 bits per heavy atom. The minimum atomic E-state index is -4.67. The number of aromatic nitrogens is 1. The van der Waals surface area contributed by atoms with Crippen molar-refractivity contribution in [3.05, 3.63) is 47.2 Å². The van der Waals surface area contributed by atoms with Crippen LogP contribution in [0.25, 0.3) is 0 Å². The summed E-state index contributed by atoms with van der Waals surface area (Å²) in [5, 5.41) is 11.6. The zero-order valence-corrected chi connectivity index (χ0v) is 15.4. The van der Waals surface area contributed by atoms with E-state index in [9.17, 15) is 18.0 Å². The van der Waals surface area contributed by atoms with E-state index in [-0.39, 0.29) is 16.5 Å². The average Bonchev–Trinajstić information content (AvgIpc) is 2.60. The maximum absolute atomic E-state index is 13.1. The van der Waals surface area contributed by atoms with Gasteiger partial charge in [-0.1, -0.05) is 23.9 Å². The molecule has 0 aliphatic heterocycles. The number of aryl methyl sites for hydroxylation is 1. The van der Waals surface area contributed by atoms with Crippen LogP contribution in [0.2, 0.25) is 0 Å². The predicted molar refractivity (Wildman–Crippen MR) is 95.7 cm³/mol. The third-order valence-electron chi connectivity index (χ3n) is 3.33. The molecule has 0 aliphatic rings. The normalized spacial score (nSPS) is 11.0.